The number of esters is 2. The van der Waals surface area contributed by atoms with E-state index in [2.05, 4.69) is 9.97 Å². The van der Waals surface area contributed by atoms with Gasteiger partial charge in [0.05, 0.1) is 18.3 Å². The van der Waals surface area contributed by atoms with Crippen molar-refractivity contribution in [3.8, 4) is 0 Å². The Bertz CT molecular complexity index is 530. The molecule has 0 saturated carbocycles. The van der Waals surface area contributed by atoms with Crippen LogP contribution in [-0.2, 0) is 14.3 Å². The molecule has 0 bridgehead atoms. The topological polar surface area (TPSA) is 81.6 Å². The molecular formula is C15H21N3O4. The van der Waals surface area contributed by atoms with E-state index >= 15 is 0 Å². The third-order valence-corrected chi connectivity index (χ3v) is 3.28. The SMILES string of the molecule is CCOC(=O)c1cnc(N2CCCC2C(=O)OC(C)C)nc1. The van der Waals surface area contributed by atoms with Crippen LogP contribution in [0.3, 0.4) is 0 Å². The first-order chi connectivity index (χ1) is 10.5. The van der Waals surface area contributed by atoms with Crippen molar-refractivity contribution in [3.05, 3.63) is 18.0 Å². The van der Waals surface area contributed by atoms with Crippen molar-refractivity contribution in [2.75, 3.05) is 18.1 Å². The fraction of sp³-hybridized carbons (Fsp3) is 0.600. The van der Waals surface area contributed by atoms with Gasteiger partial charge >= 0.3 is 11.9 Å². The van der Waals surface area contributed by atoms with Crippen LogP contribution in [0.25, 0.3) is 0 Å². The monoisotopic (exact) mass is 307 g/mol. The molecule has 2 heterocycles. The van der Waals surface area contributed by atoms with Gasteiger partial charge in [0.2, 0.25) is 5.95 Å². The lowest BCUT2D eigenvalue weighted by Crippen LogP contribution is -2.39. The van der Waals surface area contributed by atoms with E-state index in [1.54, 1.807) is 6.92 Å². The summed E-state index contributed by atoms with van der Waals surface area (Å²) in [5.41, 5.74) is 0.297. The number of ether oxygens (including phenoxy) is 2. The molecular weight excluding hydrogens is 286 g/mol. The molecule has 1 aliphatic rings. The minimum absolute atomic E-state index is 0.151. The summed E-state index contributed by atoms with van der Waals surface area (Å²) < 4.78 is 10.2. The van der Waals surface area contributed by atoms with Crippen LogP contribution in [-0.4, -0.2) is 47.2 Å². The molecule has 0 spiro atoms. The van der Waals surface area contributed by atoms with Crippen LogP contribution < -0.4 is 4.90 Å². The molecule has 0 N–H and O–H groups in total. The molecule has 1 saturated heterocycles. The second-order valence-electron chi connectivity index (χ2n) is 5.33. The van der Waals surface area contributed by atoms with Crippen molar-refractivity contribution in [1.82, 2.24) is 9.97 Å². The van der Waals surface area contributed by atoms with Crippen LogP contribution >= 0.6 is 0 Å². The van der Waals surface area contributed by atoms with E-state index < -0.39 is 5.97 Å². The summed E-state index contributed by atoms with van der Waals surface area (Å²) in [7, 11) is 0. The van der Waals surface area contributed by atoms with Gasteiger partial charge in [0, 0.05) is 18.9 Å². The maximum absolute atomic E-state index is 12.1. The van der Waals surface area contributed by atoms with Crippen LogP contribution in [0.2, 0.25) is 0 Å². The van der Waals surface area contributed by atoms with Gasteiger partial charge in [-0.15, -0.1) is 0 Å². The number of aromatic nitrogens is 2. The molecule has 7 nitrogen and oxygen atoms in total. The van der Waals surface area contributed by atoms with Gasteiger partial charge in [-0.3, -0.25) is 0 Å². The normalized spacial score (nSPS) is 17.6. The van der Waals surface area contributed by atoms with E-state index in [1.807, 2.05) is 18.7 Å². The Kier molecular flexibility index (Phi) is 5.30. The summed E-state index contributed by atoms with van der Waals surface area (Å²) in [6.07, 6.45) is 4.28. The molecule has 1 unspecified atom stereocenters. The number of hydrogen-bond donors (Lipinski definition) is 0. The van der Waals surface area contributed by atoms with E-state index in [9.17, 15) is 9.59 Å². The number of carbonyl (C=O) groups is 2. The molecule has 1 aliphatic heterocycles. The third kappa shape index (κ3) is 3.72. The predicted octanol–water partition coefficient (Wildman–Crippen LogP) is 1.57. The van der Waals surface area contributed by atoms with Gasteiger partial charge < -0.3 is 14.4 Å². The summed E-state index contributed by atoms with van der Waals surface area (Å²) >= 11 is 0. The van der Waals surface area contributed by atoms with E-state index in [1.165, 1.54) is 12.4 Å². The van der Waals surface area contributed by atoms with Crippen molar-refractivity contribution >= 4 is 17.9 Å². The first kappa shape index (κ1) is 16.2. The maximum Gasteiger partial charge on any atom is 0.341 e. The molecule has 120 valence electrons. The smallest absolute Gasteiger partial charge is 0.341 e. The highest BCUT2D eigenvalue weighted by atomic mass is 16.5. The van der Waals surface area contributed by atoms with E-state index in [-0.39, 0.29) is 18.1 Å². The molecule has 2 rings (SSSR count). The average molecular weight is 307 g/mol. The van der Waals surface area contributed by atoms with Crippen LogP contribution in [0, 0.1) is 0 Å². The second kappa shape index (κ2) is 7.20. The number of nitrogens with zero attached hydrogens (tertiary/aromatic N) is 3. The van der Waals surface area contributed by atoms with Gasteiger partial charge in [0.1, 0.15) is 6.04 Å². The van der Waals surface area contributed by atoms with Crippen molar-refractivity contribution < 1.29 is 19.1 Å². The lowest BCUT2D eigenvalue weighted by Gasteiger charge is -2.23. The summed E-state index contributed by atoms with van der Waals surface area (Å²) in [4.78, 5) is 33.9. The zero-order valence-electron chi connectivity index (χ0n) is 13.1. The number of carbonyl (C=O) groups excluding carboxylic acids is 2. The van der Waals surface area contributed by atoms with Crippen molar-refractivity contribution in [1.29, 1.82) is 0 Å². The van der Waals surface area contributed by atoms with Crippen molar-refractivity contribution in [2.24, 2.45) is 0 Å². The van der Waals surface area contributed by atoms with Crippen LogP contribution in [0.4, 0.5) is 5.95 Å². The van der Waals surface area contributed by atoms with E-state index in [0.29, 0.717) is 31.1 Å². The first-order valence-corrected chi connectivity index (χ1v) is 7.49. The average Bonchev–Trinajstić information content (AvgIpc) is 2.96. The Morgan fingerprint density at radius 1 is 1.36 bits per heavy atom. The molecule has 0 radical (unpaired) electrons. The standard InChI is InChI=1S/C15H21N3O4/c1-4-21-13(19)11-8-16-15(17-9-11)18-7-5-6-12(18)14(20)22-10(2)3/h8-10,12H,4-7H2,1-3H3. The number of hydrogen-bond acceptors (Lipinski definition) is 7. The molecule has 1 aromatic rings. The second-order valence-corrected chi connectivity index (χ2v) is 5.33. The minimum atomic E-state index is -0.453. The highest BCUT2D eigenvalue weighted by molar-refractivity contribution is 5.88. The fourth-order valence-corrected chi connectivity index (χ4v) is 2.35. The Balaban J connectivity index is 2.09. The number of rotatable bonds is 5. The molecule has 0 aliphatic carbocycles. The van der Waals surface area contributed by atoms with Gasteiger partial charge in [-0.25, -0.2) is 19.6 Å². The molecule has 1 aromatic heterocycles. The first-order valence-electron chi connectivity index (χ1n) is 7.49. The zero-order valence-corrected chi connectivity index (χ0v) is 13.1. The summed E-state index contributed by atoms with van der Waals surface area (Å²) in [5, 5.41) is 0. The molecule has 1 fully saturated rings. The van der Waals surface area contributed by atoms with Crippen LogP contribution in [0.15, 0.2) is 12.4 Å². The molecule has 0 aromatic carbocycles. The molecule has 7 heteroatoms. The molecule has 22 heavy (non-hydrogen) atoms. The third-order valence-electron chi connectivity index (χ3n) is 3.28. The summed E-state index contributed by atoms with van der Waals surface area (Å²) in [6.45, 7) is 6.37. The van der Waals surface area contributed by atoms with Crippen LogP contribution in [0.5, 0.6) is 0 Å². The van der Waals surface area contributed by atoms with Gasteiger partial charge in [0.15, 0.2) is 0 Å². The lowest BCUT2D eigenvalue weighted by atomic mass is 10.2. The Hall–Kier alpha value is -2.18. The Morgan fingerprint density at radius 2 is 2.05 bits per heavy atom. The minimum Gasteiger partial charge on any atom is -0.462 e. The Labute approximate surface area is 129 Å². The predicted molar refractivity (Wildman–Crippen MR) is 79.6 cm³/mol. The van der Waals surface area contributed by atoms with Gasteiger partial charge in [-0.1, -0.05) is 0 Å². The molecule has 0 amide bonds. The van der Waals surface area contributed by atoms with Gasteiger partial charge in [-0.2, -0.15) is 0 Å². The van der Waals surface area contributed by atoms with Crippen molar-refractivity contribution in [2.45, 2.75) is 45.8 Å². The largest absolute Gasteiger partial charge is 0.462 e. The highest BCUT2D eigenvalue weighted by Gasteiger charge is 2.34. The van der Waals surface area contributed by atoms with Crippen LogP contribution in [0.1, 0.15) is 44.0 Å². The Morgan fingerprint density at radius 3 is 2.64 bits per heavy atom. The zero-order chi connectivity index (χ0) is 16.1. The van der Waals surface area contributed by atoms with E-state index in [4.69, 9.17) is 9.47 Å². The number of anilines is 1. The van der Waals surface area contributed by atoms with E-state index in [0.717, 1.165) is 6.42 Å². The van der Waals surface area contributed by atoms with Crippen molar-refractivity contribution in [3.63, 3.8) is 0 Å². The summed E-state index contributed by atoms with van der Waals surface area (Å²) in [5.74, 6) is -0.284. The summed E-state index contributed by atoms with van der Waals surface area (Å²) in [6, 6.07) is -0.365. The lowest BCUT2D eigenvalue weighted by molar-refractivity contribution is -0.148. The molecule has 1 atom stereocenters. The maximum atomic E-state index is 12.1. The highest BCUT2D eigenvalue weighted by Crippen LogP contribution is 2.23. The van der Waals surface area contributed by atoms with Gasteiger partial charge in [-0.05, 0) is 33.6 Å². The quantitative estimate of drug-likeness (QED) is 0.764. The fourth-order valence-electron chi connectivity index (χ4n) is 2.35. The van der Waals surface area contributed by atoms with Gasteiger partial charge in [0.25, 0.3) is 0 Å².